The Labute approximate surface area is 86.5 Å². The summed E-state index contributed by atoms with van der Waals surface area (Å²) in [7, 11) is 0. The van der Waals surface area contributed by atoms with Crippen LogP contribution in [0.3, 0.4) is 0 Å². The molecule has 1 aromatic rings. The van der Waals surface area contributed by atoms with Gasteiger partial charge in [0.25, 0.3) is 0 Å². The van der Waals surface area contributed by atoms with Gasteiger partial charge in [0.2, 0.25) is 0 Å². The molecule has 14 heavy (non-hydrogen) atoms. The van der Waals surface area contributed by atoms with Crippen LogP contribution in [0.25, 0.3) is 0 Å². The van der Waals surface area contributed by atoms with Gasteiger partial charge in [0.1, 0.15) is 0 Å². The largest absolute Gasteiger partial charge is 0.310 e. The predicted molar refractivity (Wildman–Crippen MR) is 60.4 cm³/mol. The van der Waals surface area contributed by atoms with Crippen LogP contribution in [0.4, 0.5) is 0 Å². The molecule has 1 aliphatic heterocycles. The molecule has 0 unspecified atom stereocenters. The summed E-state index contributed by atoms with van der Waals surface area (Å²) < 4.78 is 0. The highest BCUT2D eigenvalue weighted by Crippen LogP contribution is 2.29. The van der Waals surface area contributed by atoms with Gasteiger partial charge in [-0.15, -0.1) is 0 Å². The van der Waals surface area contributed by atoms with Gasteiger partial charge in [0.15, 0.2) is 0 Å². The van der Waals surface area contributed by atoms with Crippen LogP contribution in [0.2, 0.25) is 0 Å². The van der Waals surface area contributed by atoms with E-state index in [1.165, 1.54) is 29.7 Å². The Bertz CT molecular complexity index is 310. The molecule has 2 atom stereocenters. The van der Waals surface area contributed by atoms with Crippen molar-refractivity contribution >= 4 is 0 Å². The Hall–Kier alpha value is -0.820. The third kappa shape index (κ3) is 1.83. The number of hydrogen-bond donors (Lipinski definition) is 1. The summed E-state index contributed by atoms with van der Waals surface area (Å²) in [6.07, 6.45) is 1.30. The molecular weight excluding hydrogens is 170 g/mol. The molecule has 76 valence electrons. The van der Waals surface area contributed by atoms with Gasteiger partial charge in [-0.1, -0.05) is 36.2 Å². The van der Waals surface area contributed by atoms with Crippen molar-refractivity contribution < 1.29 is 0 Å². The second-order valence-corrected chi connectivity index (χ2v) is 4.62. The van der Waals surface area contributed by atoms with Gasteiger partial charge in [0, 0.05) is 6.04 Å². The average Bonchev–Trinajstić information content (AvgIpc) is 2.49. The SMILES string of the molecule is Cc1cc(C)cc([C@@H]2NCC[C@H]2C)c1. The van der Waals surface area contributed by atoms with Gasteiger partial charge in [-0.2, -0.15) is 0 Å². The van der Waals surface area contributed by atoms with E-state index in [9.17, 15) is 0 Å². The quantitative estimate of drug-likeness (QED) is 0.716. The molecule has 1 saturated heterocycles. The summed E-state index contributed by atoms with van der Waals surface area (Å²) in [5.74, 6) is 0.774. The molecule has 1 nitrogen and oxygen atoms in total. The first-order chi connectivity index (χ1) is 6.66. The van der Waals surface area contributed by atoms with Crippen LogP contribution < -0.4 is 5.32 Å². The molecule has 0 aliphatic carbocycles. The molecule has 2 rings (SSSR count). The van der Waals surface area contributed by atoms with E-state index in [2.05, 4.69) is 44.3 Å². The van der Waals surface area contributed by atoms with Gasteiger partial charge in [-0.05, 0) is 38.3 Å². The monoisotopic (exact) mass is 189 g/mol. The van der Waals surface area contributed by atoms with Gasteiger partial charge in [0.05, 0.1) is 0 Å². The number of aryl methyl sites for hydroxylation is 2. The van der Waals surface area contributed by atoms with E-state index in [1.54, 1.807) is 0 Å². The first kappa shape index (κ1) is 9.72. The predicted octanol–water partition coefficient (Wildman–Crippen LogP) is 2.97. The normalized spacial score (nSPS) is 26.8. The summed E-state index contributed by atoms with van der Waals surface area (Å²) in [6, 6.07) is 7.44. The molecule has 1 heteroatoms. The fourth-order valence-corrected chi connectivity index (χ4v) is 2.47. The van der Waals surface area contributed by atoms with E-state index >= 15 is 0 Å². The fourth-order valence-electron chi connectivity index (χ4n) is 2.47. The molecule has 0 bridgehead atoms. The van der Waals surface area contributed by atoms with Gasteiger partial charge in [-0.3, -0.25) is 0 Å². The van der Waals surface area contributed by atoms with Crippen molar-refractivity contribution in [3.8, 4) is 0 Å². The van der Waals surface area contributed by atoms with Gasteiger partial charge >= 0.3 is 0 Å². The van der Waals surface area contributed by atoms with Crippen molar-refractivity contribution in [3.05, 3.63) is 34.9 Å². The van der Waals surface area contributed by atoms with E-state index in [4.69, 9.17) is 0 Å². The number of nitrogens with one attached hydrogen (secondary N) is 1. The molecule has 0 saturated carbocycles. The third-order valence-corrected chi connectivity index (χ3v) is 3.14. The Morgan fingerprint density at radius 2 is 1.79 bits per heavy atom. The molecule has 0 amide bonds. The minimum atomic E-state index is 0.577. The van der Waals surface area contributed by atoms with Crippen LogP contribution in [-0.4, -0.2) is 6.54 Å². The lowest BCUT2D eigenvalue weighted by atomic mass is 9.94. The average molecular weight is 189 g/mol. The Balaban J connectivity index is 2.31. The van der Waals surface area contributed by atoms with Crippen molar-refractivity contribution in [2.24, 2.45) is 5.92 Å². The molecule has 1 N–H and O–H groups in total. The van der Waals surface area contributed by atoms with Crippen LogP contribution in [0, 0.1) is 19.8 Å². The van der Waals surface area contributed by atoms with Crippen LogP contribution in [0.1, 0.15) is 36.1 Å². The van der Waals surface area contributed by atoms with E-state index < -0.39 is 0 Å². The summed E-state index contributed by atoms with van der Waals surface area (Å²) in [5, 5.41) is 3.58. The molecule has 0 spiro atoms. The number of rotatable bonds is 1. The highest BCUT2D eigenvalue weighted by atomic mass is 14.9. The topological polar surface area (TPSA) is 12.0 Å². The van der Waals surface area contributed by atoms with E-state index in [-0.39, 0.29) is 0 Å². The molecule has 0 aromatic heterocycles. The lowest BCUT2D eigenvalue weighted by Gasteiger charge is -2.17. The molecule has 1 fully saturated rings. The molecular formula is C13H19N. The fraction of sp³-hybridized carbons (Fsp3) is 0.538. The van der Waals surface area contributed by atoms with Gasteiger partial charge in [-0.25, -0.2) is 0 Å². The van der Waals surface area contributed by atoms with Crippen molar-refractivity contribution in [2.45, 2.75) is 33.2 Å². The molecule has 0 radical (unpaired) electrons. The Morgan fingerprint density at radius 3 is 2.29 bits per heavy atom. The van der Waals surface area contributed by atoms with Crippen LogP contribution in [0.5, 0.6) is 0 Å². The van der Waals surface area contributed by atoms with Crippen LogP contribution in [0.15, 0.2) is 18.2 Å². The maximum atomic E-state index is 3.58. The zero-order valence-corrected chi connectivity index (χ0v) is 9.30. The smallest absolute Gasteiger partial charge is 0.0346 e. The summed E-state index contributed by atoms with van der Waals surface area (Å²) in [5.41, 5.74) is 4.22. The highest BCUT2D eigenvalue weighted by molar-refractivity contribution is 5.31. The first-order valence-electron chi connectivity index (χ1n) is 5.48. The zero-order chi connectivity index (χ0) is 10.1. The number of benzene rings is 1. The second-order valence-electron chi connectivity index (χ2n) is 4.62. The Kier molecular flexibility index (Phi) is 2.60. The van der Waals surface area contributed by atoms with Crippen molar-refractivity contribution in [1.82, 2.24) is 5.32 Å². The van der Waals surface area contributed by atoms with Crippen LogP contribution >= 0.6 is 0 Å². The standard InChI is InChI=1S/C13H19N/c1-9-6-10(2)8-12(7-9)13-11(3)4-5-14-13/h6-8,11,13-14H,4-5H2,1-3H3/t11-,13-/m1/s1. The summed E-state index contributed by atoms with van der Waals surface area (Å²) >= 11 is 0. The first-order valence-corrected chi connectivity index (χ1v) is 5.48. The maximum Gasteiger partial charge on any atom is 0.0346 e. The molecule has 1 aromatic carbocycles. The van der Waals surface area contributed by atoms with Crippen molar-refractivity contribution in [2.75, 3.05) is 6.54 Å². The van der Waals surface area contributed by atoms with E-state index in [1.807, 2.05) is 0 Å². The van der Waals surface area contributed by atoms with E-state index in [0.717, 1.165) is 5.92 Å². The number of hydrogen-bond acceptors (Lipinski definition) is 1. The molecule has 1 heterocycles. The Morgan fingerprint density at radius 1 is 1.14 bits per heavy atom. The highest BCUT2D eigenvalue weighted by Gasteiger charge is 2.24. The van der Waals surface area contributed by atoms with Crippen molar-refractivity contribution in [1.29, 1.82) is 0 Å². The lowest BCUT2D eigenvalue weighted by Crippen LogP contribution is -2.16. The second kappa shape index (κ2) is 3.74. The van der Waals surface area contributed by atoms with Gasteiger partial charge < -0.3 is 5.32 Å². The minimum absolute atomic E-state index is 0.577. The summed E-state index contributed by atoms with van der Waals surface area (Å²) in [4.78, 5) is 0. The molecule has 1 aliphatic rings. The minimum Gasteiger partial charge on any atom is -0.310 e. The third-order valence-electron chi connectivity index (χ3n) is 3.14. The summed E-state index contributed by atoms with van der Waals surface area (Å²) in [6.45, 7) is 7.85. The maximum absolute atomic E-state index is 3.58. The van der Waals surface area contributed by atoms with Crippen LogP contribution in [-0.2, 0) is 0 Å². The zero-order valence-electron chi connectivity index (χ0n) is 9.30. The van der Waals surface area contributed by atoms with E-state index in [0.29, 0.717) is 6.04 Å². The van der Waals surface area contributed by atoms with Crippen molar-refractivity contribution in [3.63, 3.8) is 0 Å². The lowest BCUT2D eigenvalue weighted by molar-refractivity contribution is 0.503.